The molecule has 1 saturated heterocycles. The Balaban J connectivity index is 1.32. The fourth-order valence-corrected chi connectivity index (χ4v) is 4.65. The summed E-state index contributed by atoms with van der Waals surface area (Å²) >= 11 is 0. The molecule has 0 bridgehead atoms. The largest absolute Gasteiger partial charge is 0.379 e. The monoisotopic (exact) mass is 467 g/mol. The number of ether oxygens (including phenoxy) is 1. The average Bonchev–Trinajstić information content (AvgIpc) is 3.09. The van der Waals surface area contributed by atoms with Crippen LogP contribution in [0.3, 0.4) is 0 Å². The van der Waals surface area contributed by atoms with Gasteiger partial charge in [0.1, 0.15) is 0 Å². The van der Waals surface area contributed by atoms with Gasteiger partial charge < -0.3 is 15.0 Å². The molecule has 4 aromatic rings. The number of nitrogens with zero attached hydrogens (tertiary/aromatic N) is 4. The Morgan fingerprint density at radius 3 is 2.71 bits per heavy atom. The minimum absolute atomic E-state index is 0.00142. The summed E-state index contributed by atoms with van der Waals surface area (Å²) in [4.78, 5) is 28.8. The SMILES string of the molecule is Cc1cc(C)nc(Nc2cccc(C(=O)N3CCOCC(Cc4cccc5cccnc45)C3)c2)n1. The molecule has 5 rings (SSSR count). The van der Waals surface area contributed by atoms with Gasteiger partial charge in [-0.25, -0.2) is 9.97 Å². The van der Waals surface area contributed by atoms with E-state index in [2.05, 4.69) is 44.5 Å². The number of carbonyl (C=O) groups is 1. The Kier molecular flexibility index (Phi) is 6.68. The van der Waals surface area contributed by atoms with Gasteiger partial charge in [0.2, 0.25) is 5.95 Å². The second kappa shape index (κ2) is 10.2. The van der Waals surface area contributed by atoms with Crippen LogP contribution in [0.2, 0.25) is 0 Å². The predicted molar refractivity (Wildman–Crippen MR) is 137 cm³/mol. The first-order valence-corrected chi connectivity index (χ1v) is 11.9. The second-order valence-corrected chi connectivity index (χ2v) is 9.07. The van der Waals surface area contributed by atoms with Crippen molar-refractivity contribution in [3.63, 3.8) is 0 Å². The first-order valence-electron chi connectivity index (χ1n) is 11.9. The van der Waals surface area contributed by atoms with E-state index in [1.807, 2.05) is 61.3 Å². The Morgan fingerprint density at radius 2 is 1.86 bits per heavy atom. The number of anilines is 2. The van der Waals surface area contributed by atoms with Crippen LogP contribution in [0.15, 0.2) is 66.9 Å². The number of amides is 1. The summed E-state index contributed by atoms with van der Waals surface area (Å²) in [5.74, 6) is 0.722. The summed E-state index contributed by atoms with van der Waals surface area (Å²) in [6, 6.07) is 19.7. The first kappa shape index (κ1) is 22.9. The van der Waals surface area contributed by atoms with Crippen LogP contribution in [0.4, 0.5) is 11.6 Å². The predicted octanol–water partition coefficient (Wildman–Crippen LogP) is 4.72. The minimum Gasteiger partial charge on any atom is -0.379 e. The Bertz CT molecular complexity index is 1330. The van der Waals surface area contributed by atoms with Crippen molar-refractivity contribution in [2.75, 3.05) is 31.6 Å². The standard InChI is InChI=1S/C28H29N5O2/c1-19-14-20(2)31-28(30-19)32-25-10-4-8-24(16-25)27(34)33-12-13-35-18-21(17-33)15-23-7-3-6-22-9-5-11-29-26(22)23/h3-11,14,16,21H,12-13,15,17-18H2,1-2H3,(H,30,31,32). The first-order chi connectivity index (χ1) is 17.0. The van der Waals surface area contributed by atoms with Crippen molar-refractivity contribution in [3.05, 3.63) is 89.4 Å². The number of nitrogens with one attached hydrogen (secondary N) is 1. The third-order valence-corrected chi connectivity index (χ3v) is 6.20. The smallest absolute Gasteiger partial charge is 0.254 e. The van der Waals surface area contributed by atoms with Crippen LogP contribution in [0.5, 0.6) is 0 Å². The Hall–Kier alpha value is -3.84. The molecule has 2 aromatic heterocycles. The maximum atomic E-state index is 13.5. The summed E-state index contributed by atoms with van der Waals surface area (Å²) in [7, 11) is 0. The highest BCUT2D eigenvalue weighted by atomic mass is 16.5. The fraction of sp³-hybridized carbons (Fsp3) is 0.286. The number of fused-ring (bicyclic) bond motifs is 1. The number of aryl methyl sites for hydroxylation is 2. The zero-order chi connectivity index (χ0) is 24.2. The van der Waals surface area contributed by atoms with Crippen molar-refractivity contribution in [3.8, 4) is 0 Å². The fourth-order valence-electron chi connectivity index (χ4n) is 4.65. The maximum absolute atomic E-state index is 13.5. The molecule has 1 amide bonds. The molecular weight excluding hydrogens is 438 g/mol. The van der Waals surface area contributed by atoms with E-state index < -0.39 is 0 Å². The molecule has 3 heterocycles. The Labute approximate surface area is 205 Å². The van der Waals surface area contributed by atoms with E-state index >= 15 is 0 Å². The molecule has 7 nitrogen and oxygen atoms in total. The number of hydrogen-bond donors (Lipinski definition) is 1. The van der Waals surface area contributed by atoms with Gasteiger partial charge in [0.15, 0.2) is 0 Å². The van der Waals surface area contributed by atoms with Crippen molar-refractivity contribution >= 4 is 28.4 Å². The van der Waals surface area contributed by atoms with Gasteiger partial charge >= 0.3 is 0 Å². The van der Waals surface area contributed by atoms with Gasteiger partial charge in [0.25, 0.3) is 5.91 Å². The van der Waals surface area contributed by atoms with Gasteiger partial charge in [0.05, 0.1) is 18.7 Å². The van der Waals surface area contributed by atoms with Gasteiger partial charge in [-0.05, 0) is 56.2 Å². The van der Waals surface area contributed by atoms with Crippen LogP contribution in [-0.2, 0) is 11.2 Å². The average molecular weight is 468 g/mol. The lowest BCUT2D eigenvalue weighted by atomic mass is 9.97. The van der Waals surface area contributed by atoms with Crippen molar-refractivity contribution in [2.45, 2.75) is 20.3 Å². The molecule has 1 fully saturated rings. The van der Waals surface area contributed by atoms with E-state index in [9.17, 15) is 4.79 Å². The van der Waals surface area contributed by atoms with E-state index in [1.165, 1.54) is 5.56 Å². The van der Waals surface area contributed by atoms with Crippen LogP contribution >= 0.6 is 0 Å². The van der Waals surface area contributed by atoms with E-state index in [0.29, 0.717) is 37.8 Å². The normalized spacial score (nSPS) is 16.2. The number of aromatic nitrogens is 3. The molecule has 1 aliphatic rings. The van der Waals surface area contributed by atoms with Gasteiger partial charge in [-0.1, -0.05) is 30.3 Å². The summed E-state index contributed by atoms with van der Waals surface area (Å²) < 4.78 is 5.89. The van der Waals surface area contributed by atoms with Crippen LogP contribution in [0.1, 0.15) is 27.3 Å². The van der Waals surface area contributed by atoms with Gasteiger partial charge in [-0.15, -0.1) is 0 Å². The van der Waals surface area contributed by atoms with Crippen molar-refractivity contribution in [1.29, 1.82) is 0 Å². The third kappa shape index (κ3) is 5.46. The van der Waals surface area contributed by atoms with Crippen molar-refractivity contribution < 1.29 is 9.53 Å². The van der Waals surface area contributed by atoms with Crippen LogP contribution < -0.4 is 5.32 Å². The molecular formula is C28H29N5O2. The molecule has 1 unspecified atom stereocenters. The zero-order valence-electron chi connectivity index (χ0n) is 20.1. The third-order valence-electron chi connectivity index (χ3n) is 6.20. The molecule has 1 N–H and O–H groups in total. The number of benzene rings is 2. The lowest BCUT2D eigenvalue weighted by Crippen LogP contribution is -2.36. The number of carbonyl (C=O) groups excluding carboxylic acids is 1. The topological polar surface area (TPSA) is 80.2 Å². The highest BCUT2D eigenvalue weighted by Crippen LogP contribution is 2.23. The summed E-state index contributed by atoms with van der Waals surface area (Å²) in [6.45, 7) is 6.24. The quantitative estimate of drug-likeness (QED) is 0.458. The van der Waals surface area contributed by atoms with Crippen LogP contribution in [0, 0.1) is 19.8 Å². The van der Waals surface area contributed by atoms with E-state index in [0.717, 1.165) is 34.4 Å². The molecule has 0 aliphatic carbocycles. The molecule has 35 heavy (non-hydrogen) atoms. The number of pyridine rings is 1. The van der Waals surface area contributed by atoms with Gasteiger partial charge in [0, 0.05) is 53.2 Å². The van der Waals surface area contributed by atoms with Gasteiger partial charge in [-0.3, -0.25) is 9.78 Å². The number of para-hydroxylation sites is 1. The Morgan fingerprint density at radius 1 is 1.06 bits per heavy atom. The highest BCUT2D eigenvalue weighted by Gasteiger charge is 2.24. The summed E-state index contributed by atoms with van der Waals surface area (Å²) in [5, 5.41) is 4.36. The van der Waals surface area contributed by atoms with E-state index in [4.69, 9.17) is 4.74 Å². The van der Waals surface area contributed by atoms with E-state index in [1.54, 1.807) is 0 Å². The number of rotatable bonds is 5. The van der Waals surface area contributed by atoms with E-state index in [-0.39, 0.29) is 11.8 Å². The highest BCUT2D eigenvalue weighted by molar-refractivity contribution is 5.95. The van der Waals surface area contributed by atoms with Crippen LogP contribution in [-0.4, -0.2) is 52.1 Å². The molecule has 1 aliphatic heterocycles. The molecule has 0 saturated carbocycles. The van der Waals surface area contributed by atoms with Crippen LogP contribution in [0.25, 0.3) is 10.9 Å². The second-order valence-electron chi connectivity index (χ2n) is 9.07. The molecule has 1 atom stereocenters. The molecule has 0 radical (unpaired) electrons. The lowest BCUT2D eigenvalue weighted by molar-refractivity contribution is 0.0737. The minimum atomic E-state index is 0.00142. The maximum Gasteiger partial charge on any atom is 0.254 e. The summed E-state index contributed by atoms with van der Waals surface area (Å²) in [6.07, 6.45) is 2.64. The lowest BCUT2D eigenvalue weighted by Gasteiger charge is -2.24. The zero-order valence-corrected chi connectivity index (χ0v) is 20.1. The molecule has 2 aromatic carbocycles. The van der Waals surface area contributed by atoms with Crippen molar-refractivity contribution in [1.82, 2.24) is 19.9 Å². The van der Waals surface area contributed by atoms with Crippen molar-refractivity contribution in [2.24, 2.45) is 5.92 Å². The summed E-state index contributed by atoms with van der Waals surface area (Å²) in [5.41, 5.74) is 5.40. The molecule has 0 spiro atoms. The molecule has 178 valence electrons. The van der Waals surface area contributed by atoms with Gasteiger partial charge in [-0.2, -0.15) is 0 Å². The number of hydrogen-bond acceptors (Lipinski definition) is 6. The molecule has 7 heteroatoms.